The van der Waals surface area contributed by atoms with Crippen LogP contribution in [0.1, 0.15) is 24.2 Å². The number of fused-ring (bicyclic) bond motifs is 2. The lowest BCUT2D eigenvalue weighted by molar-refractivity contribution is 0.656. The zero-order chi connectivity index (χ0) is 15.3. The van der Waals surface area contributed by atoms with Gasteiger partial charge >= 0.3 is 0 Å². The number of rotatable bonds is 2. The zero-order valence-corrected chi connectivity index (χ0v) is 12.1. The number of aromatic nitrogens is 7. The number of hydrogen-bond acceptors (Lipinski definition) is 5. The third-order valence-corrected chi connectivity index (χ3v) is 3.89. The van der Waals surface area contributed by atoms with Crippen molar-refractivity contribution in [3.8, 4) is 0 Å². The molecule has 8 heteroatoms. The van der Waals surface area contributed by atoms with E-state index < -0.39 is 0 Å². The van der Waals surface area contributed by atoms with Gasteiger partial charge in [-0.2, -0.15) is 5.10 Å². The average Bonchev–Trinajstić information content (AvgIpc) is 3.10. The van der Waals surface area contributed by atoms with E-state index in [1.54, 1.807) is 12.5 Å². The summed E-state index contributed by atoms with van der Waals surface area (Å²) in [5.74, 6) is 0. The van der Waals surface area contributed by atoms with Crippen LogP contribution >= 0.6 is 0 Å². The van der Waals surface area contributed by atoms with Crippen molar-refractivity contribution < 1.29 is 0 Å². The van der Waals surface area contributed by atoms with Crippen molar-refractivity contribution in [2.24, 2.45) is 0 Å². The van der Waals surface area contributed by atoms with Crippen LogP contribution in [-0.2, 0) is 0 Å². The minimum absolute atomic E-state index is 0.0472. The summed E-state index contributed by atoms with van der Waals surface area (Å²) in [4.78, 5) is 26.8. The van der Waals surface area contributed by atoms with Gasteiger partial charge in [0.1, 0.15) is 6.33 Å². The number of imidazole rings is 1. The van der Waals surface area contributed by atoms with Crippen molar-refractivity contribution in [2.75, 3.05) is 0 Å². The van der Waals surface area contributed by atoms with E-state index in [2.05, 4.69) is 31.1 Å². The van der Waals surface area contributed by atoms with E-state index in [0.29, 0.717) is 11.2 Å². The van der Waals surface area contributed by atoms with E-state index in [-0.39, 0.29) is 11.6 Å². The Balaban J connectivity index is 1.94. The van der Waals surface area contributed by atoms with Gasteiger partial charge in [0.2, 0.25) is 0 Å². The lowest BCUT2D eigenvalue weighted by Crippen LogP contribution is -2.10. The number of nitrogens with one attached hydrogen (secondary N) is 1. The highest BCUT2D eigenvalue weighted by molar-refractivity contribution is 5.69. The topological polar surface area (TPSA) is 93.8 Å². The predicted octanol–water partition coefficient (Wildman–Crippen LogP) is 1.08. The molecule has 1 N–H and O–H groups in total. The molecule has 4 aromatic heterocycles. The Kier molecular flexibility index (Phi) is 2.59. The minimum Gasteiger partial charge on any atom is -0.311 e. The highest BCUT2D eigenvalue weighted by Gasteiger charge is 2.18. The minimum atomic E-state index is -0.239. The molecule has 0 saturated heterocycles. The second-order valence-electron chi connectivity index (χ2n) is 5.18. The fourth-order valence-electron chi connectivity index (χ4n) is 2.77. The summed E-state index contributed by atoms with van der Waals surface area (Å²) in [6.45, 7) is 4.02. The van der Waals surface area contributed by atoms with E-state index in [1.165, 1.54) is 12.7 Å². The summed E-state index contributed by atoms with van der Waals surface area (Å²) in [7, 11) is 0. The smallest absolute Gasteiger partial charge is 0.278 e. The first-order valence-electron chi connectivity index (χ1n) is 6.85. The molecule has 0 aliphatic heterocycles. The molecule has 0 unspecified atom stereocenters. The van der Waals surface area contributed by atoms with Crippen molar-refractivity contribution in [3.63, 3.8) is 0 Å². The second-order valence-corrected chi connectivity index (χ2v) is 5.18. The lowest BCUT2D eigenvalue weighted by Gasteiger charge is -2.12. The number of hydrogen-bond donors (Lipinski definition) is 1. The van der Waals surface area contributed by atoms with Gasteiger partial charge in [-0.1, -0.05) is 0 Å². The second kappa shape index (κ2) is 4.48. The zero-order valence-electron chi connectivity index (χ0n) is 12.1. The van der Waals surface area contributed by atoms with Crippen molar-refractivity contribution in [1.29, 1.82) is 0 Å². The van der Waals surface area contributed by atoms with Crippen LogP contribution in [0.5, 0.6) is 0 Å². The third-order valence-electron chi connectivity index (χ3n) is 3.89. The van der Waals surface area contributed by atoms with E-state index in [9.17, 15) is 4.79 Å². The molecule has 110 valence electrons. The molecule has 0 radical (unpaired) electrons. The number of H-pyrrole nitrogens is 1. The number of aromatic amines is 1. The molecule has 4 heterocycles. The third kappa shape index (κ3) is 1.67. The molecule has 4 rings (SSSR count). The molecule has 1 atom stereocenters. The Morgan fingerprint density at radius 3 is 3.05 bits per heavy atom. The molecular weight excluding hydrogens is 282 g/mol. The fraction of sp³-hybridized carbons (Fsp3) is 0.214. The van der Waals surface area contributed by atoms with Crippen LogP contribution in [0, 0.1) is 6.92 Å². The lowest BCUT2D eigenvalue weighted by atomic mass is 10.1. The summed E-state index contributed by atoms with van der Waals surface area (Å²) in [6.07, 6.45) is 6.33. The van der Waals surface area contributed by atoms with Gasteiger partial charge in [0.25, 0.3) is 5.56 Å². The molecule has 0 aliphatic carbocycles. The molecular formula is C14H13N7O. The van der Waals surface area contributed by atoms with Crippen molar-refractivity contribution in [1.82, 2.24) is 34.1 Å². The van der Waals surface area contributed by atoms with Gasteiger partial charge in [0.15, 0.2) is 11.2 Å². The van der Waals surface area contributed by atoms with Crippen LogP contribution < -0.4 is 5.56 Å². The Bertz CT molecular complexity index is 1040. The van der Waals surface area contributed by atoms with Crippen LogP contribution in [0.15, 0.2) is 36.0 Å². The van der Waals surface area contributed by atoms with Crippen molar-refractivity contribution in [3.05, 3.63) is 52.9 Å². The van der Waals surface area contributed by atoms with Gasteiger partial charge in [-0.3, -0.25) is 4.79 Å². The molecule has 22 heavy (non-hydrogen) atoms. The number of aryl methyl sites for hydroxylation is 1. The summed E-state index contributed by atoms with van der Waals surface area (Å²) < 4.78 is 3.73. The van der Waals surface area contributed by atoms with Crippen LogP contribution in [0.3, 0.4) is 0 Å². The van der Waals surface area contributed by atoms with Crippen LogP contribution in [-0.4, -0.2) is 34.1 Å². The molecule has 8 nitrogen and oxygen atoms in total. The highest BCUT2D eigenvalue weighted by Crippen LogP contribution is 2.26. The normalized spacial score (nSPS) is 13.0. The first-order chi connectivity index (χ1) is 10.7. The maximum Gasteiger partial charge on any atom is 0.278 e. The molecule has 0 aliphatic rings. The van der Waals surface area contributed by atoms with Crippen molar-refractivity contribution in [2.45, 2.75) is 19.9 Å². The largest absolute Gasteiger partial charge is 0.311 e. The van der Waals surface area contributed by atoms with Gasteiger partial charge in [-0.25, -0.2) is 19.5 Å². The number of nitrogens with zero attached hydrogens (tertiary/aromatic N) is 6. The Labute approximate surface area is 124 Å². The van der Waals surface area contributed by atoms with Gasteiger partial charge in [-0.15, -0.1) is 0 Å². The summed E-state index contributed by atoms with van der Waals surface area (Å²) >= 11 is 0. The van der Waals surface area contributed by atoms with E-state index in [1.807, 2.05) is 22.9 Å². The van der Waals surface area contributed by atoms with Gasteiger partial charge in [0, 0.05) is 11.3 Å². The van der Waals surface area contributed by atoms with E-state index in [4.69, 9.17) is 0 Å². The van der Waals surface area contributed by atoms with Crippen LogP contribution in [0.2, 0.25) is 0 Å². The fourth-order valence-corrected chi connectivity index (χ4v) is 2.77. The maximum atomic E-state index is 11.8. The Morgan fingerprint density at radius 1 is 1.32 bits per heavy atom. The Morgan fingerprint density at radius 2 is 2.18 bits per heavy atom. The van der Waals surface area contributed by atoms with Gasteiger partial charge < -0.3 is 9.55 Å². The molecule has 0 aromatic carbocycles. The average molecular weight is 295 g/mol. The molecule has 0 bridgehead atoms. The standard InChI is InChI=1S/C14H13N7O/c1-8-3-10(11-4-15-5-19-21(8)11)9(2)20-7-18-12-13(20)16-6-17-14(12)22/h3-7,9H,1-2H3,(H,16,17,22)/t9-/m0/s1. The first-order valence-corrected chi connectivity index (χ1v) is 6.85. The van der Waals surface area contributed by atoms with E-state index in [0.717, 1.165) is 16.8 Å². The van der Waals surface area contributed by atoms with Gasteiger partial charge in [0.05, 0.1) is 30.4 Å². The monoisotopic (exact) mass is 295 g/mol. The van der Waals surface area contributed by atoms with Gasteiger partial charge in [-0.05, 0) is 19.9 Å². The first kappa shape index (κ1) is 12.7. The molecule has 0 amide bonds. The summed E-state index contributed by atoms with van der Waals surface area (Å²) in [5.41, 5.74) is 3.67. The van der Waals surface area contributed by atoms with Crippen LogP contribution in [0.4, 0.5) is 0 Å². The molecule has 4 aromatic rings. The van der Waals surface area contributed by atoms with E-state index >= 15 is 0 Å². The molecule has 0 spiro atoms. The molecule has 0 saturated carbocycles. The summed E-state index contributed by atoms with van der Waals surface area (Å²) in [5, 5.41) is 4.25. The highest BCUT2D eigenvalue weighted by atomic mass is 16.1. The maximum absolute atomic E-state index is 11.8. The van der Waals surface area contributed by atoms with Crippen molar-refractivity contribution >= 4 is 16.7 Å². The Hall–Kier alpha value is -3.03. The SMILES string of the molecule is Cc1cc([C@H](C)n2cnc3c(=O)[nH]cnc32)c2cncnn12. The summed E-state index contributed by atoms with van der Waals surface area (Å²) in [6, 6.07) is 2.02. The molecule has 0 fully saturated rings. The quantitative estimate of drug-likeness (QED) is 0.597. The predicted molar refractivity (Wildman–Crippen MR) is 79.7 cm³/mol. The van der Waals surface area contributed by atoms with Crippen LogP contribution in [0.25, 0.3) is 16.7 Å².